The van der Waals surface area contributed by atoms with E-state index < -0.39 is 5.97 Å². The van der Waals surface area contributed by atoms with Gasteiger partial charge in [0.25, 0.3) is 0 Å². The smallest absolute Gasteiger partial charge is 0.337 e. The van der Waals surface area contributed by atoms with Crippen molar-refractivity contribution in [3.05, 3.63) is 40.2 Å². The number of aromatic carboxylic acids is 1. The lowest BCUT2D eigenvalue weighted by molar-refractivity contribution is 0.0698. The average molecular weight is 291 g/mol. The zero-order chi connectivity index (χ0) is 14.7. The number of anilines is 2. The van der Waals surface area contributed by atoms with Crippen molar-refractivity contribution in [2.24, 2.45) is 0 Å². The molecule has 0 aromatic carbocycles. The van der Waals surface area contributed by atoms with Crippen LogP contribution in [0.3, 0.4) is 0 Å². The van der Waals surface area contributed by atoms with Crippen molar-refractivity contribution in [1.82, 2.24) is 4.98 Å². The van der Waals surface area contributed by atoms with Gasteiger partial charge in [0.1, 0.15) is 0 Å². The predicted octanol–water partition coefficient (Wildman–Crippen LogP) is 2.84. The van der Waals surface area contributed by atoms with Crippen LogP contribution in [0.4, 0.5) is 11.5 Å². The Labute approximate surface area is 121 Å². The number of aromatic nitrogens is 1. The molecular weight excluding hydrogens is 274 g/mol. The highest BCUT2D eigenvalue weighted by Gasteiger charge is 2.20. The molecule has 3 N–H and O–H groups in total. The normalized spacial score (nSPS) is 10.8. The molecular formula is C14H17N3O2S. The molecule has 20 heavy (non-hydrogen) atoms. The maximum Gasteiger partial charge on any atom is 0.337 e. The molecule has 2 aromatic rings. The van der Waals surface area contributed by atoms with Crippen LogP contribution < -0.4 is 10.6 Å². The molecule has 0 spiro atoms. The van der Waals surface area contributed by atoms with Crippen molar-refractivity contribution in [2.75, 3.05) is 10.6 Å². The standard InChI is InChI=1S/C14H17N3O2S/c1-9(2)17(8-10-4-3-7-20-10)13-12(15)11(14(18)19)5-6-16-13/h3-7,9H,8,15H2,1-2H3,(H,18,19). The lowest BCUT2D eigenvalue weighted by Crippen LogP contribution is -2.31. The van der Waals surface area contributed by atoms with Crippen LogP contribution >= 0.6 is 11.3 Å². The maximum absolute atomic E-state index is 11.2. The number of hydrogen-bond acceptors (Lipinski definition) is 5. The van der Waals surface area contributed by atoms with Gasteiger partial charge in [0, 0.05) is 17.1 Å². The molecule has 0 saturated carbocycles. The summed E-state index contributed by atoms with van der Waals surface area (Å²) in [5, 5.41) is 11.2. The number of carboxylic acids is 1. The molecule has 2 rings (SSSR count). The molecule has 0 saturated heterocycles. The minimum atomic E-state index is -1.04. The Morgan fingerprint density at radius 2 is 2.25 bits per heavy atom. The predicted molar refractivity (Wildman–Crippen MR) is 81.2 cm³/mol. The third-order valence-corrected chi connectivity index (χ3v) is 3.86. The molecule has 0 aliphatic heterocycles. The number of nitrogen functional groups attached to an aromatic ring is 1. The van der Waals surface area contributed by atoms with Crippen LogP contribution in [0.1, 0.15) is 29.1 Å². The van der Waals surface area contributed by atoms with E-state index in [2.05, 4.69) is 4.98 Å². The van der Waals surface area contributed by atoms with E-state index in [-0.39, 0.29) is 17.3 Å². The van der Waals surface area contributed by atoms with Crippen LogP contribution in [0.5, 0.6) is 0 Å². The van der Waals surface area contributed by atoms with E-state index in [0.29, 0.717) is 12.4 Å². The Hall–Kier alpha value is -2.08. The first-order valence-corrected chi connectivity index (χ1v) is 7.15. The van der Waals surface area contributed by atoms with Crippen molar-refractivity contribution < 1.29 is 9.90 Å². The average Bonchev–Trinajstić information content (AvgIpc) is 2.89. The number of pyridine rings is 1. The molecule has 106 valence electrons. The Kier molecular flexibility index (Phi) is 4.24. The van der Waals surface area contributed by atoms with Gasteiger partial charge >= 0.3 is 5.97 Å². The summed E-state index contributed by atoms with van der Waals surface area (Å²) in [5.74, 6) is -0.515. The van der Waals surface area contributed by atoms with Crippen molar-refractivity contribution in [2.45, 2.75) is 26.4 Å². The third kappa shape index (κ3) is 2.91. The van der Waals surface area contributed by atoms with E-state index >= 15 is 0 Å². The number of hydrogen-bond donors (Lipinski definition) is 2. The first-order chi connectivity index (χ1) is 9.50. The van der Waals surface area contributed by atoms with E-state index in [9.17, 15) is 4.79 Å². The first-order valence-electron chi connectivity index (χ1n) is 6.27. The molecule has 0 bridgehead atoms. The SMILES string of the molecule is CC(C)N(Cc1cccs1)c1nccc(C(=O)O)c1N. The minimum Gasteiger partial charge on any atom is -0.478 e. The largest absolute Gasteiger partial charge is 0.478 e. The summed E-state index contributed by atoms with van der Waals surface area (Å²) in [6.07, 6.45) is 1.49. The molecule has 5 nitrogen and oxygen atoms in total. The van der Waals surface area contributed by atoms with E-state index in [0.717, 1.165) is 0 Å². The molecule has 0 amide bonds. The van der Waals surface area contributed by atoms with Gasteiger partial charge < -0.3 is 15.7 Å². The highest BCUT2D eigenvalue weighted by atomic mass is 32.1. The van der Waals surface area contributed by atoms with Crippen LogP contribution in [0.2, 0.25) is 0 Å². The number of nitrogens with two attached hydrogens (primary N) is 1. The summed E-state index contributed by atoms with van der Waals surface area (Å²) in [5.41, 5.74) is 6.27. The Morgan fingerprint density at radius 3 is 2.80 bits per heavy atom. The van der Waals surface area contributed by atoms with Crippen molar-refractivity contribution in [1.29, 1.82) is 0 Å². The molecule has 0 aliphatic carbocycles. The fraction of sp³-hybridized carbons (Fsp3) is 0.286. The van der Waals surface area contributed by atoms with Gasteiger partial charge in [0.05, 0.1) is 17.8 Å². The summed E-state index contributed by atoms with van der Waals surface area (Å²) in [6, 6.07) is 5.61. The highest BCUT2D eigenvalue weighted by molar-refractivity contribution is 7.09. The third-order valence-electron chi connectivity index (χ3n) is 3.00. The lowest BCUT2D eigenvalue weighted by Gasteiger charge is -2.28. The van der Waals surface area contributed by atoms with Crippen LogP contribution in [-0.4, -0.2) is 22.1 Å². The molecule has 0 atom stereocenters. The van der Waals surface area contributed by atoms with Crippen molar-refractivity contribution >= 4 is 28.8 Å². The zero-order valence-electron chi connectivity index (χ0n) is 11.4. The van der Waals surface area contributed by atoms with Crippen LogP contribution in [-0.2, 0) is 6.54 Å². The topological polar surface area (TPSA) is 79.5 Å². The van der Waals surface area contributed by atoms with Crippen LogP contribution in [0.15, 0.2) is 29.8 Å². The Balaban J connectivity index is 2.39. The monoisotopic (exact) mass is 291 g/mol. The number of carbonyl (C=O) groups is 1. The lowest BCUT2D eigenvalue weighted by atomic mass is 10.2. The molecule has 6 heteroatoms. The second-order valence-electron chi connectivity index (χ2n) is 4.70. The minimum absolute atomic E-state index is 0.0897. The van der Waals surface area contributed by atoms with E-state index in [4.69, 9.17) is 10.8 Å². The Morgan fingerprint density at radius 1 is 1.50 bits per heavy atom. The summed E-state index contributed by atoms with van der Waals surface area (Å²) < 4.78 is 0. The zero-order valence-corrected chi connectivity index (χ0v) is 12.2. The van der Waals surface area contributed by atoms with Gasteiger partial charge in [-0.15, -0.1) is 11.3 Å². The van der Waals surface area contributed by atoms with Crippen molar-refractivity contribution in [3.8, 4) is 0 Å². The van der Waals surface area contributed by atoms with Crippen molar-refractivity contribution in [3.63, 3.8) is 0 Å². The molecule has 0 radical (unpaired) electrons. The van der Waals surface area contributed by atoms with Gasteiger partial charge in [0.2, 0.25) is 0 Å². The van der Waals surface area contributed by atoms with Crippen LogP contribution in [0.25, 0.3) is 0 Å². The van der Waals surface area contributed by atoms with Gasteiger partial charge in [-0.2, -0.15) is 0 Å². The summed E-state index contributed by atoms with van der Waals surface area (Å²) in [4.78, 5) is 18.6. The number of thiophene rings is 1. The maximum atomic E-state index is 11.2. The molecule has 0 unspecified atom stereocenters. The van der Waals surface area contributed by atoms with E-state index in [1.807, 2.05) is 36.3 Å². The van der Waals surface area contributed by atoms with E-state index in [1.54, 1.807) is 11.3 Å². The van der Waals surface area contributed by atoms with Gasteiger partial charge in [-0.25, -0.2) is 9.78 Å². The molecule has 2 heterocycles. The highest BCUT2D eigenvalue weighted by Crippen LogP contribution is 2.28. The molecule has 0 aliphatic rings. The van der Waals surface area contributed by atoms with E-state index in [1.165, 1.54) is 17.1 Å². The fourth-order valence-corrected chi connectivity index (χ4v) is 2.65. The second-order valence-corrected chi connectivity index (χ2v) is 5.73. The second kappa shape index (κ2) is 5.92. The van der Waals surface area contributed by atoms with Gasteiger partial charge in [0.15, 0.2) is 5.82 Å². The number of nitrogens with zero attached hydrogens (tertiary/aromatic N) is 2. The number of carboxylic acid groups (broad SMARTS) is 1. The summed E-state index contributed by atoms with van der Waals surface area (Å²) in [6.45, 7) is 4.72. The molecule has 0 fully saturated rings. The van der Waals surface area contributed by atoms with Gasteiger partial charge in [-0.05, 0) is 31.4 Å². The van der Waals surface area contributed by atoms with Crippen LogP contribution in [0, 0.1) is 0 Å². The first kappa shape index (κ1) is 14.3. The fourth-order valence-electron chi connectivity index (χ4n) is 1.95. The van der Waals surface area contributed by atoms with Gasteiger partial charge in [-0.3, -0.25) is 0 Å². The Bertz CT molecular complexity index is 596. The quantitative estimate of drug-likeness (QED) is 0.885. The van der Waals surface area contributed by atoms with Gasteiger partial charge in [-0.1, -0.05) is 6.07 Å². The summed E-state index contributed by atoms with van der Waals surface area (Å²) >= 11 is 1.65. The molecule has 2 aromatic heterocycles. The number of rotatable bonds is 5. The summed E-state index contributed by atoms with van der Waals surface area (Å²) in [7, 11) is 0.